The molecule has 1 aromatic rings. The highest BCUT2D eigenvalue weighted by Gasteiger charge is 2.37. The number of nitrogens with one attached hydrogen (secondary N) is 1. The molecule has 1 aliphatic heterocycles. The van der Waals surface area contributed by atoms with Crippen molar-refractivity contribution in [1.82, 2.24) is 5.32 Å². The summed E-state index contributed by atoms with van der Waals surface area (Å²) in [5.74, 6) is -1.99. The Bertz CT molecular complexity index is 741. The molecule has 0 spiro atoms. The molecule has 112 valence electrons. The topological polar surface area (TPSA) is 99.4 Å². The summed E-state index contributed by atoms with van der Waals surface area (Å²) in [6, 6.07) is 5.84. The standard InChI is InChI=1S/C16H15N3O3/c1-8(2)12-13(18-16(22)19-15(12)21)14(20)11-5-9(3)4-10(6-11)7-17/h4-6,8,12H,1-3H3,(H,19,21,22). The van der Waals surface area contributed by atoms with Gasteiger partial charge in [0.05, 0.1) is 17.6 Å². The molecule has 2 rings (SSSR count). The molecule has 1 unspecified atom stereocenters. The van der Waals surface area contributed by atoms with Crippen LogP contribution in [0.5, 0.6) is 0 Å². The number of hydrogen-bond acceptors (Lipinski definition) is 4. The van der Waals surface area contributed by atoms with Gasteiger partial charge in [0, 0.05) is 5.56 Å². The van der Waals surface area contributed by atoms with Crippen LogP contribution >= 0.6 is 0 Å². The maximum Gasteiger partial charge on any atom is 0.347 e. The summed E-state index contributed by atoms with van der Waals surface area (Å²) in [6.45, 7) is 5.32. The minimum Gasteiger partial charge on any atom is -0.287 e. The van der Waals surface area contributed by atoms with Crippen LogP contribution in [0.25, 0.3) is 0 Å². The van der Waals surface area contributed by atoms with Crippen LogP contribution < -0.4 is 5.32 Å². The highest BCUT2D eigenvalue weighted by molar-refractivity contribution is 6.51. The summed E-state index contributed by atoms with van der Waals surface area (Å²) < 4.78 is 0. The molecular formula is C16H15N3O3. The first-order valence-electron chi connectivity index (χ1n) is 6.83. The smallest absolute Gasteiger partial charge is 0.287 e. The van der Waals surface area contributed by atoms with Crippen LogP contribution in [0.3, 0.4) is 0 Å². The van der Waals surface area contributed by atoms with Gasteiger partial charge in [0.25, 0.3) is 0 Å². The molecule has 1 aliphatic rings. The average Bonchev–Trinajstić information content (AvgIpc) is 2.44. The van der Waals surface area contributed by atoms with E-state index in [1.165, 1.54) is 6.07 Å². The summed E-state index contributed by atoms with van der Waals surface area (Å²) in [4.78, 5) is 39.8. The molecule has 0 fully saturated rings. The number of aliphatic imine (C=N–C) groups is 1. The van der Waals surface area contributed by atoms with Gasteiger partial charge >= 0.3 is 6.03 Å². The minimum absolute atomic E-state index is 0.0711. The monoisotopic (exact) mass is 297 g/mol. The fourth-order valence-corrected chi connectivity index (χ4v) is 2.45. The minimum atomic E-state index is -0.835. The van der Waals surface area contributed by atoms with Gasteiger partial charge in [0.2, 0.25) is 11.7 Å². The third-order valence-corrected chi connectivity index (χ3v) is 3.40. The van der Waals surface area contributed by atoms with Crippen molar-refractivity contribution >= 4 is 23.4 Å². The molecule has 0 saturated carbocycles. The second kappa shape index (κ2) is 5.90. The molecular weight excluding hydrogens is 282 g/mol. The number of urea groups is 1. The Morgan fingerprint density at radius 2 is 2.00 bits per heavy atom. The summed E-state index contributed by atoms with van der Waals surface area (Å²) in [6.07, 6.45) is 0. The van der Waals surface area contributed by atoms with Crippen molar-refractivity contribution < 1.29 is 14.4 Å². The van der Waals surface area contributed by atoms with Gasteiger partial charge < -0.3 is 0 Å². The third kappa shape index (κ3) is 2.93. The number of benzene rings is 1. The van der Waals surface area contributed by atoms with Gasteiger partial charge in [-0.3, -0.25) is 14.9 Å². The number of carbonyl (C=O) groups is 3. The molecule has 3 amide bonds. The maximum absolute atomic E-state index is 12.7. The van der Waals surface area contributed by atoms with E-state index in [0.717, 1.165) is 5.56 Å². The van der Waals surface area contributed by atoms with Crippen LogP contribution in [0, 0.1) is 30.1 Å². The SMILES string of the molecule is Cc1cc(C#N)cc(C(=O)C2=NC(=O)NC(=O)C2C(C)C)c1. The molecule has 22 heavy (non-hydrogen) atoms. The maximum atomic E-state index is 12.7. The normalized spacial score (nSPS) is 17.8. The van der Waals surface area contributed by atoms with Crippen LogP contribution in [0.4, 0.5) is 4.79 Å². The number of amides is 3. The predicted molar refractivity (Wildman–Crippen MR) is 79.5 cm³/mol. The first kappa shape index (κ1) is 15.6. The van der Waals surface area contributed by atoms with E-state index < -0.39 is 23.6 Å². The van der Waals surface area contributed by atoms with E-state index in [4.69, 9.17) is 5.26 Å². The zero-order chi connectivity index (χ0) is 16.4. The Morgan fingerprint density at radius 1 is 1.32 bits per heavy atom. The molecule has 0 aromatic heterocycles. The lowest BCUT2D eigenvalue weighted by molar-refractivity contribution is -0.123. The van der Waals surface area contributed by atoms with Crippen molar-refractivity contribution in [2.75, 3.05) is 0 Å². The van der Waals surface area contributed by atoms with E-state index in [9.17, 15) is 14.4 Å². The lowest BCUT2D eigenvalue weighted by Crippen LogP contribution is -2.47. The molecule has 1 aromatic carbocycles. The van der Waals surface area contributed by atoms with Crippen LogP contribution in [0.15, 0.2) is 23.2 Å². The summed E-state index contributed by atoms with van der Waals surface area (Å²) in [7, 11) is 0. The van der Waals surface area contributed by atoms with Gasteiger partial charge in [-0.25, -0.2) is 4.79 Å². The molecule has 1 N–H and O–H groups in total. The molecule has 1 heterocycles. The first-order valence-corrected chi connectivity index (χ1v) is 6.83. The lowest BCUT2D eigenvalue weighted by atomic mass is 9.85. The average molecular weight is 297 g/mol. The summed E-state index contributed by atoms with van der Waals surface area (Å²) in [5, 5.41) is 11.1. The number of nitrogens with zero attached hydrogens (tertiary/aromatic N) is 2. The zero-order valence-corrected chi connectivity index (χ0v) is 12.5. The number of nitriles is 1. The number of Topliss-reactive ketones (excluding diaryl/α,β-unsaturated/α-hetero) is 1. The number of aryl methyl sites for hydroxylation is 1. The van der Waals surface area contributed by atoms with Gasteiger partial charge in [0.1, 0.15) is 5.71 Å². The Balaban J connectivity index is 2.51. The van der Waals surface area contributed by atoms with Crippen molar-refractivity contribution in [3.8, 4) is 6.07 Å². The van der Waals surface area contributed by atoms with E-state index >= 15 is 0 Å². The number of imide groups is 1. The fraction of sp³-hybridized carbons (Fsp3) is 0.312. The van der Waals surface area contributed by atoms with Crippen LogP contribution in [-0.2, 0) is 4.79 Å². The third-order valence-electron chi connectivity index (χ3n) is 3.40. The number of carbonyl (C=O) groups excluding carboxylic acids is 3. The molecule has 0 radical (unpaired) electrons. The molecule has 0 aliphatic carbocycles. The molecule has 1 atom stereocenters. The fourth-order valence-electron chi connectivity index (χ4n) is 2.45. The largest absolute Gasteiger partial charge is 0.347 e. The second-order valence-corrected chi connectivity index (χ2v) is 5.54. The zero-order valence-electron chi connectivity index (χ0n) is 12.5. The predicted octanol–water partition coefficient (Wildman–Crippen LogP) is 2.01. The molecule has 0 bridgehead atoms. The van der Waals surface area contributed by atoms with Crippen molar-refractivity contribution in [2.24, 2.45) is 16.8 Å². The van der Waals surface area contributed by atoms with Crippen molar-refractivity contribution in [2.45, 2.75) is 20.8 Å². The van der Waals surface area contributed by atoms with Crippen molar-refractivity contribution in [3.63, 3.8) is 0 Å². The Morgan fingerprint density at radius 3 is 2.59 bits per heavy atom. The Hall–Kier alpha value is -2.81. The molecule has 6 nitrogen and oxygen atoms in total. The summed E-state index contributed by atoms with van der Waals surface area (Å²) >= 11 is 0. The van der Waals surface area contributed by atoms with Gasteiger partial charge in [-0.15, -0.1) is 0 Å². The van der Waals surface area contributed by atoms with Crippen LogP contribution in [0.2, 0.25) is 0 Å². The summed E-state index contributed by atoms with van der Waals surface area (Å²) in [5.41, 5.74) is 1.27. The van der Waals surface area contributed by atoms with Gasteiger partial charge in [-0.2, -0.15) is 10.3 Å². The number of rotatable bonds is 3. The van der Waals surface area contributed by atoms with E-state index in [0.29, 0.717) is 5.56 Å². The van der Waals surface area contributed by atoms with E-state index in [-0.39, 0.29) is 17.2 Å². The molecule has 0 saturated heterocycles. The van der Waals surface area contributed by atoms with Crippen LogP contribution in [0.1, 0.15) is 35.3 Å². The second-order valence-electron chi connectivity index (χ2n) is 5.54. The van der Waals surface area contributed by atoms with Crippen molar-refractivity contribution in [3.05, 3.63) is 34.9 Å². The lowest BCUT2D eigenvalue weighted by Gasteiger charge is -2.24. The van der Waals surface area contributed by atoms with Crippen molar-refractivity contribution in [1.29, 1.82) is 5.26 Å². The quantitative estimate of drug-likeness (QED) is 0.862. The van der Waals surface area contributed by atoms with E-state index in [2.05, 4.69) is 10.3 Å². The van der Waals surface area contributed by atoms with Gasteiger partial charge in [0.15, 0.2) is 0 Å². The van der Waals surface area contributed by atoms with Crippen LogP contribution in [-0.4, -0.2) is 23.4 Å². The van der Waals surface area contributed by atoms with Gasteiger partial charge in [-0.05, 0) is 36.6 Å². The first-order chi connectivity index (χ1) is 10.3. The highest BCUT2D eigenvalue weighted by Crippen LogP contribution is 2.21. The number of hydrogen-bond donors (Lipinski definition) is 1. The van der Waals surface area contributed by atoms with Gasteiger partial charge in [-0.1, -0.05) is 13.8 Å². The Labute approximate surface area is 127 Å². The van der Waals surface area contributed by atoms with E-state index in [1.54, 1.807) is 32.9 Å². The highest BCUT2D eigenvalue weighted by atomic mass is 16.2. The van der Waals surface area contributed by atoms with E-state index in [1.807, 2.05) is 6.07 Å². The molecule has 6 heteroatoms. The number of ketones is 1. The Kier molecular flexibility index (Phi) is 4.18.